The van der Waals surface area contributed by atoms with Crippen molar-refractivity contribution in [2.24, 2.45) is 0 Å². The van der Waals surface area contributed by atoms with Crippen LogP contribution in [0.25, 0.3) is 0 Å². The van der Waals surface area contributed by atoms with Crippen LogP contribution in [0.1, 0.15) is 43.7 Å². The van der Waals surface area contributed by atoms with Gasteiger partial charge in [-0.25, -0.2) is 9.78 Å². The summed E-state index contributed by atoms with van der Waals surface area (Å²) in [6.07, 6.45) is 5.56. The van der Waals surface area contributed by atoms with Crippen molar-refractivity contribution < 1.29 is 14.7 Å². The summed E-state index contributed by atoms with van der Waals surface area (Å²) in [5, 5.41) is 14.5. The highest BCUT2D eigenvalue weighted by Crippen LogP contribution is 2.24. The first kappa shape index (κ1) is 14.8. The molecule has 1 aliphatic rings. The molecule has 6 nitrogen and oxygen atoms in total. The Balaban J connectivity index is 2.00. The van der Waals surface area contributed by atoms with Gasteiger partial charge in [0.05, 0.1) is 6.04 Å². The Morgan fingerprint density at radius 3 is 2.80 bits per heavy atom. The second-order valence-corrected chi connectivity index (χ2v) is 5.93. The highest BCUT2D eigenvalue weighted by molar-refractivity contribution is 7.09. The van der Waals surface area contributed by atoms with Crippen molar-refractivity contribution in [1.29, 1.82) is 0 Å². The number of hydrogen-bond acceptors (Lipinski definition) is 4. The summed E-state index contributed by atoms with van der Waals surface area (Å²) < 4.78 is 0. The first-order valence-corrected chi connectivity index (χ1v) is 7.64. The number of thiazole rings is 1. The molecule has 2 amide bonds. The van der Waals surface area contributed by atoms with Gasteiger partial charge in [-0.1, -0.05) is 12.8 Å². The number of urea groups is 1. The van der Waals surface area contributed by atoms with E-state index in [1.54, 1.807) is 6.20 Å². The molecule has 0 aromatic carbocycles. The second kappa shape index (κ2) is 6.69. The molecule has 0 saturated heterocycles. The van der Waals surface area contributed by atoms with Crippen LogP contribution >= 0.6 is 11.3 Å². The van der Waals surface area contributed by atoms with E-state index in [1.165, 1.54) is 16.2 Å². The Labute approximate surface area is 121 Å². The van der Waals surface area contributed by atoms with Crippen molar-refractivity contribution in [2.45, 2.75) is 44.7 Å². The minimum absolute atomic E-state index is 0.0367. The van der Waals surface area contributed by atoms with Gasteiger partial charge in [0.1, 0.15) is 11.6 Å². The van der Waals surface area contributed by atoms with Crippen molar-refractivity contribution in [2.75, 3.05) is 6.54 Å². The summed E-state index contributed by atoms with van der Waals surface area (Å²) >= 11 is 1.47. The lowest BCUT2D eigenvalue weighted by atomic mass is 10.2. The number of carbonyl (C=O) groups is 2. The third-order valence-corrected chi connectivity index (χ3v) is 4.45. The minimum atomic E-state index is -0.978. The molecule has 110 valence electrons. The van der Waals surface area contributed by atoms with Crippen LogP contribution in [0.5, 0.6) is 0 Å². The molecule has 1 unspecified atom stereocenters. The number of carboxylic acids is 1. The van der Waals surface area contributed by atoms with Crippen LogP contribution in [0.4, 0.5) is 4.79 Å². The van der Waals surface area contributed by atoms with E-state index < -0.39 is 5.97 Å². The number of aliphatic carboxylic acids is 1. The zero-order chi connectivity index (χ0) is 14.5. The van der Waals surface area contributed by atoms with Crippen molar-refractivity contribution in [1.82, 2.24) is 15.2 Å². The average Bonchev–Trinajstić information content (AvgIpc) is 3.08. The highest BCUT2D eigenvalue weighted by Gasteiger charge is 2.29. The number of nitrogens with zero attached hydrogens (tertiary/aromatic N) is 2. The first-order valence-electron chi connectivity index (χ1n) is 6.76. The van der Waals surface area contributed by atoms with E-state index in [-0.39, 0.29) is 24.7 Å². The van der Waals surface area contributed by atoms with Crippen molar-refractivity contribution in [3.05, 3.63) is 16.6 Å². The number of carbonyl (C=O) groups excluding carboxylic acids is 1. The summed E-state index contributed by atoms with van der Waals surface area (Å²) in [5.41, 5.74) is 0. The molecule has 2 N–H and O–H groups in total. The van der Waals surface area contributed by atoms with Gasteiger partial charge in [-0.05, 0) is 19.8 Å². The van der Waals surface area contributed by atoms with Gasteiger partial charge in [-0.2, -0.15) is 0 Å². The number of rotatable bonds is 5. The van der Waals surface area contributed by atoms with Crippen LogP contribution in [0.3, 0.4) is 0 Å². The number of nitrogens with one attached hydrogen (secondary N) is 1. The molecule has 1 aromatic rings. The lowest BCUT2D eigenvalue weighted by Gasteiger charge is -2.28. The van der Waals surface area contributed by atoms with Gasteiger partial charge in [0.25, 0.3) is 0 Å². The molecular weight excluding hydrogens is 278 g/mol. The maximum Gasteiger partial charge on any atom is 0.323 e. The molecule has 1 atom stereocenters. The average molecular weight is 297 g/mol. The molecule has 7 heteroatoms. The molecule has 2 rings (SSSR count). The van der Waals surface area contributed by atoms with Crippen LogP contribution in [0.2, 0.25) is 0 Å². The van der Waals surface area contributed by atoms with E-state index >= 15 is 0 Å². The van der Waals surface area contributed by atoms with Crippen molar-refractivity contribution in [3.63, 3.8) is 0 Å². The summed E-state index contributed by atoms with van der Waals surface area (Å²) in [5.74, 6) is -0.978. The number of carboxylic acid groups (broad SMARTS) is 1. The molecule has 1 fully saturated rings. The van der Waals surface area contributed by atoms with Crippen LogP contribution in [-0.2, 0) is 4.79 Å². The SMILES string of the molecule is CC(NC(=O)N(CC(=O)O)C1CCCC1)c1nccs1. The van der Waals surface area contributed by atoms with Gasteiger partial charge in [0, 0.05) is 17.6 Å². The van der Waals surface area contributed by atoms with Crippen molar-refractivity contribution >= 4 is 23.3 Å². The lowest BCUT2D eigenvalue weighted by molar-refractivity contribution is -0.138. The normalized spacial score (nSPS) is 16.9. The summed E-state index contributed by atoms with van der Waals surface area (Å²) in [7, 11) is 0. The van der Waals surface area contributed by atoms with Gasteiger partial charge in [0.15, 0.2) is 0 Å². The standard InChI is InChI=1S/C13H19N3O3S/c1-9(12-14-6-7-20-12)15-13(19)16(8-11(17)18)10-4-2-3-5-10/h6-7,9-10H,2-5,8H2,1H3,(H,15,19)(H,17,18). The van der Waals surface area contributed by atoms with E-state index in [9.17, 15) is 9.59 Å². The second-order valence-electron chi connectivity index (χ2n) is 5.00. The molecule has 0 spiro atoms. The molecule has 1 aliphatic carbocycles. The van der Waals surface area contributed by atoms with Crippen LogP contribution in [0, 0.1) is 0 Å². The van der Waals surface area contributed by atoms with Crippen LogP contribution < -0.4 is 5.32 Å². The molecular formula is C13H19N3O3S. The lowest BCUT2D eigenvalue weighted by Crippen LogP contribution is -2.48. The third-order valence-electron chi connectivity index (χ3n) is 3.49. The Morgan fingerprint density at radius 1 is 1.55 bits per heavy atom. The van der Waals surface area contributed by atoms with E-state index in [2.05, 4.69) is 10.3 Å². The van der Waals surface area contributed by atoms with Gasteiger partial charge in [-0.3, -0.25) is 4.79 Å². The molecule has 1 saturated carbocycles. The van der Waals surface area contributed by atoms with E-state index in [4.69, 9.17) is 5.11 Å². The highest BCUT2D eigenvalue weighted by atomic mass is 32.1. The Bertz CT molecular complexity index is 457. The molecule has 1 heterocycles. The summed E-state index contributed by atoms with van der Waals surface area (Å²) in [6, 6.07) is -0.489. The van der Waals surface area contributed by atoms with Gasteiger partial charge < -0.3 is 15.3 Å². The largest absolute Gasteiger partial charge is 0.480 e. The monoisotopic (exact) mass is 297 g/mol. The maximum atomic E-state index is 12.3. The topological polar surface area (TPSA) is 82.5 Å². The quantitative estimate of drug-likeness (QED) is 0.873. The fourth-order valence-corrected chi connectivity index (χ4v) is 3.15. The van der Waals surface area contributed by atoms with Crippen molar-refractivity contribution in [3.8, 4) is 0 Å². The molecule has 0 radical (unpaired) electrons. The zero-order valence-corrected chi connectivity index (χ0v) is 12.2. The number of amides is 2. The Kier molecular flexibility index (Phi) is 4.94. The Hall–Kier alpha value is -1.63. The predicted molar refractivity (Wildman–Crippen MR) is 75.7 cm³/mol. The smallest absolute Gasteiger partial charge is 0.323 e. The molecule has 20 heavy (non-hydrogen) atoms. The van der Waals surface area contributed by atoms with E-state index in [1.807, 2.05) is 12.3 Å². The third kappa shape index (κ3) is 3.69. The minimum Gasteiger partial charge on any atom is -0.480 e. The predicted octanol–water partition coefficient (Wildman–Crippen LogP) is 2.24. The van der Waals surface area contributed by atoms with Gasteiger partial charge in [0.2, 0.25) is 0 Å². The summed E-state index contributed by atoms with van der Waals surface area (Å²) in [4.78, 5) is 28.9. The van der Waals surface area contributed by atoms with Crippen LogP contribution in [0.15, 0.2) is 11.6 Å². The number of hydrogen-bond donors (Lipinski definition) is 2. The Morgan fingerprint density at radius 2 is 2.25 bits per heavy atom. The van der Waals surface area contributed by atoms with E-state index in [0.717, 1.165) is 30.7 Å². The number of aromatic nitrogens is 1. The molecule has 0 aliphatic heterocycles. The fourth-order valence-electron chi connectivity index (χ4n) is 2.51. The first-order chi connectivity index (χ1) is 9.58. The fraction of sp³-hybridized carbons (Fsp3) is 0.615. The van der Waals surface area contributed by atoms with E-state index in [0.29, 0.717) is 0 Å². The maximum absolute atomic E-state index is 12.3. The van der Waals surface area contributed by atoms with Gasteiger partial charge in [-0.15, -0.1) is 11.3 Å². The zero-order valence-electron chi connectivity index (χ0n) is 11.4. The van der Waals surface area contributed by atoms with Gasteiger partial charge >= 0.3 is 12.0 Å². The molecule has 0 bridgehead atoms. The summed E-state index contributed by atoms with van der Waals surface area (Å²) in [6.45, 7) is 1.60. The molecule has 1 aromatic heterocycles. The van der Waals surface area contributed by atoms with Crippen LogP contribution in [-0.4, -0.2) is 39.6 Å².